The zero-order valence-corrected chi connectivity index (χ0v) is 9.41. The van der Waals surface area contributed by atoms with Gasteiger partial charge in [-0.1, -0.05) is 0 Å². The van der Waals surface area contributed by atoms with Crippen LogP contribution in [0.3, 0.4) is 0 Å². The number of ketones is 1. The van der Waals surface area contributed by atoms with Crippen LogP contribution in [0.2, 0.25) is 0 Å². The summed E-state index contributed by atoms with van der Waals surface area (Å²) >= 11 is 0. The molecule has 0 spiro atoms. The number of hydrogen-bond donors (Lipinski definition) is 2. The first kappa shape index (κ1) is 13.4. The van der Waals surface area contributed by atoms with E-state index in [-0.39, 0.29) is 11.1 Å². The highest BCUT2D eigenvalue weighted by Crippen LogP contribution is 2.18. The average Bonchev–Trinajstić information content (AvgIpc) is 2.35. The summed E-state index contributed by atoms with van der Waals surface area (Å²) in [4.78, 5) is 33.1. The highest BCUT2D eigenvalue weighted by atomic mass is 16.5. The third-order valence-electron chi connectivity index (χ3n) is 2.08. The minimum atomic E-state index is -1.35. The van der Waals surface area contributed by atoms with Crippen LogP contribution in [0.25, 0.3) is 0 Å². The number of esters is 1. The molecule has 0 radical (unpaired) electrons. The Balaban J connectivity index is 3.01. The van der Waals surface area contributed by atoms with E-state index in [1.54, 1.807) is 0 Å². The molecule has 0 amide bonds. The van der Waals surface area contributed by atoms with Gasteiger partial charge in [-0.2, -0.15) is 0 Å². The number of ether oxygens (including phenoxy) is 1. The van der Waals surface area contributed by atoms with E-state index in [1.165, 1.54) is 13.2 Å². The molecule has 0 aliphatic rings. The van der Waals surface area contributed by atoms with Crippen LogP contribution >= 0.6 is 0 Å². The van der Waals surface area contributed by atoms with E-state index in [0.717, 1.165) is 24.3 Å². The molecular weight excluding hydrogens is 240 g/mol. The number of benzene rings is 1. The molecule has 1 aromatic carbocycles. The second kappa shape index (κ2) is 5.62. The van der Waals surface area contributed by atoms with Crippen molar-refractivity contribution in [2.24, 2.45) is 0 Å². The number of carboxylic acid groups (broad SMARTS) is 1. The molecular formula is C12H10O6. The quantitative estimate of drug-likeness (QED) is 0.469. The fraction of sp³-hybridized carbons (Fsp3) is 0.0833. The van der Waals surface area contributed by atoms with Crippen LogP contribution in [-0.2, 0) is 9.53 Å². The molecule has 0 aromatic heterocycles. The summed E-state index contributed by atoms with van der Waals surface area (Å²) in [6.07, 6.45) is 1.89. The van der Waals surface area contributed by atoms with Gasteiger partial charge in [0, 0.05) is 11.6 Å². The predicted molar refractivity (Wildman–Crippen MR) is 60.6 cm³/mol. The number of carboxylic acids is 1. The van der Waals surface area contributed by atoms with Crippen LogP contribution in [0, 0.1) is 0 Å². The number of carbonyl (C=O) groups is 3. The minimum Gasteiger partial charge on any atom is -0.507 e. The summed E-state index contributed by atoms with van der Waals surface area (Å²) in [6, 6.07) is 3.38. The second-order valence-corrected chi connectivity index (χ2v) is 3.26. The van der Waals surface area contributed by atoms with Crippen molar-refractivity contribution in [1.82, 2.24) is 0 Å². The maximum Gasteiger partial charge on any atom is 0.339 e. The van der Waals surface area contributed by atoms with Crippen LogP contribution in [-0.4, -0.2) is 35.0 Å². The molecule has 0 unspecified atom stereocenters. The first-order chi connectivity index (χ1) is 8.45. The molecule has 0 fully saturated rings. The molecule has 6 nitrogen and oxygen atoms in total. The van der Waals surface area contributed by atoms with Crippen molar-refractivity contribution in [3.05, 3.63) is 41.5 Å². The number of allylic oxidation sites excluding steroid dienone is 1. The van der Waals surface area contributed by atoms with Gasteiger partial charge in [0.05, 0.1) is 7.11 Å². The zero-order valence-electron chi connectivity index (χ0n) is 9.41. The molecule has 1 rings (SSSR count). The van der Waals surface area contributed by atoms with E-state index >= 15 is 0 Å². The fourth-order valence-electron chi connectivity index (χ4n) is 1.17. The predicted octanol–water partition coefficient (Wildman–Crippen LogP) is 1.00. The average molecular weight is 250 g/mol. The molecule has 0 saturated heterocycles. The lowest BCUT2D eigenvalue weighted by Crippen LogP contribution is -2.02. The molecule has 6 heteroatoms. The summed E-state index contributed by atoms with van der Waals surface area (Å²) in [5.74, 6) is -3.04. The monoisotopic (exact) mass is 250 g/mol. The largest absolute Gasteiger partial charge is 0.507 e. The van der Waals surface area contributed by atoms with Crippen molar-refractivity contribution >= 4 is 17.7 Å². The maximum absolute atomic E-state index is 11.6. The van der Waals surface area contributed by atoms with Crippen molar-refractivity contribution < 1.29 is 29.3 Å². The second-order valence-electron chi connectivity index (χ2n) is 3.26. The Morgan fingerprint density at radius 2 is 1.89 bits per heavy atom. The Morgan fingerprint density at radius 1 is 1.22 bits per heavy atom. The summed E-state index contributed by atoms with van der Waals surface area (Å²) < 4.78 is 4.31. The maximum atomic E-state index is 11.6. The Bertz CT molecular complexity index is 529. The number of methoxy groups -OCH3 is 1. The van der Waals surface area contributed by atoms with Gasteiger partial charge in [-0.05, 0) is 24.3 Å². The van der Waals surface area contributed by atoms with Crippen LogP contribution in [0.15, 0.2) is 30.4 Å². The minimum absolute atomic E-state index is 0.0466. The first-order valence-electron chi connectivity index (χ1n) is 4.82. The molecule has 2 N–H and O–H groups in total. The molecule has 0 heterocycles. The van der Waals surface area contributed by atoms with E-state index in [4.69, 9.17) is 5.11 Å². The van der Waals surface area contributed by atoms with Gasteiger partial charge in [0.2, 0.25) is 0 Å². The van der Waals surface area contributed by atoms with Crippen LogP contribution < -0.4 is 0 Å². The lowest BCUT2D eigenvalue weighted by atomic mass is 10.1. The fourth-order valence-corrected chi connectivity index (χ4v) is 1.17. The smallest absolute Gasteiger partial charge is 0.339 e. The molecule has 0 atom stereocenters. The molecule has 1 aromatic rings. The molecule has 0 aliphatic carbocycles. The summed E-state index contributed by atoms with van der Waals surface area (Å²) in [5, 5.41) is 18.0. The van der Waals surface area contributed by atoms with Crippen molar-refractivity contribution in [2.45, 2.75) is 0 Å². The third kappa shape index (κ3) is 3.18. The van der Waals surface area contributed by atoms with E-state index in [0.29, 0.717) is 0 Å². The highest BCUT2D eigenvalue weighted by Gasteiger charge is 2.12. The Hall–Kier alpha value is -2.63. The van der Waals surface area contributed by atoms with Crippen molar-refractivity contribution in [3.63, 3.8) is 0 Å². The number of aromatic carboxylic acids is 1. The van der Waals surface area contributed by atoms with Crippen molar-refractivity contribution in [3.8, 4) is 5.75 Å². The normalized spacial score (nSPS) is 10.3. The number of carbonyl (C=O) groups excluding carboxylic acids is 2. The molecule has 0 saturated carbocycles. The zero-order chi connectivity index (χ0) is 13.7. The van der Waals surface area contributed by atoms with Gasteiger partial charge in [0.1, 0.15) is 11.3 Å². The van der Waals surface area contributed by atoms with Gasteiger partial charge in [0.15, 0.2) is 5.78 Å². The van der Waals surface area contributed by atoms with E-state index < -0.39 is 23.5 Å². The van der Waals surface area contributed by atoms with Gasteiger partial charge in [-0.25, -0.2) is 9.59 Å². The lowest BCUT2D eigenvalue weighted by molar-refractivity contribution is -0.134. The molecule has 18 heavy (non-hydrogen) atoms. The SMILES string of the molecule is COC(=O)/C=C\C(=O)c1ccc(O)c(C(=O)O)c1. The number of hydrogen-bond acceptors (Lipinski definition) is 5. The summed E-state index contributed by atoms with van der Waals surface area (Å²) in [5.41, 5.74) is -0.335. The lowest BCUT2D eigenvalue weighted by Gasteiger charge is -2.01. The third-order valence-corrected chi connectivity index (χ3v) is 2.08. The van der Waals surface area contributed by atoms with Gasteiger partial charge < -0.3 is 14.9 Å². The van der Waals surface area contributed by atoms with Crippen molar-refractivity contribution in [1.29, 1.82) is 0 Å². The molecule has 94 valence electrons. The number of rotatable bonds is 4. The number of aromatic hydroxyl groups is 1. The standard InChI is InChI=1S/C12H10O6/c1-18-11(15)5-4-9(13)7-2-3-10(14)8(6-7)12(16)17/h2-6,14H,1H3,(H,16,17)/b5-4-. The Labute approximate surface area is 102 Å². The van der Waals surface area contributed by atoms with Gasteiger partial charge >= 0.3 is 11.9 Å². The van der Waals surface area contributed by atoms with E-state index in [1.807, 2.05) is 0 Å². The van der Waals surface area contributed by atoms with Gasteiger partial charge in [-0.15, -0.1) is 0 Å². The molecule has 0 aliphatic heterocycles. The Morgan fingerprint density at radius 3 is 2.44 bits per heavy atom. The van der Waals surface area contributed by atoms with E-state index in [2.05, 4.69) is 4.74 Å². The topological polar surface area (TPSA) is 101 Å². The van der Waals surface area contributed by atoms with Crippen molar-refractivity contribution in [2.75, 3.05) is 7.11 Å². The number of phenols is 1. The van der Waals surface area contributed by atoms with Crippen LogP contribution in [0.4, 0.5) is 0 Å². The van der Waals surface area contributed by atoms with Gasteiger partial charge in [-0.3, -0.25) is 4.79 Å². The highest BCUT2D eigenvalue weighted by molar-refractivity contribution is 6.08. The first-order valence-corrected chi connectivity index (χ1v) is 4.82. The molecule has 0 bridgehead atoms. The summed E-state index contributed by atoms with van der Waals surface area (Å²) in [6.45, 7) is 0. The van der Waals surface area contributed by atoms with Crippen LogP contribution in [0.1, 0.15) is 20.7 Å². The van der Waals surface area contributed by atoms with E-state index in [9.17, 15) is 19.5 Å². The Kier molecular flexibility index (Phi) is 4.20. The summed E-state index contributed by atoms with van der Waals surface area (Å²) in [7, 11) is 1.17. The van der Waals surface area contributed by atoms with Gasteiger partial charge in [0.25, 0.3) is 0 Å². The van der Waals surface area contributed by atoms with Crippen LogP contribution in [0.5, 0.6) is 5.75 Å².